The van der Waals surface area contributed by atoms with Crippen LogP contribution < -0.4 is 5.32 Å². The molecule has 0 saturated carbocycles. The first-order chi connectivity index (χ1) is 9.58. The van der Waals surface area contributed by atoms with E-state index < -0.39 is 0 Å². The van der Waals surface area contributed by atoms with E-state index in [9.17, 15) is 0 Å². The number of rotatable bonds is 5. The Morgan fingerprint density at radius 1 is 1.25 bits per heavy atom. The van der Waals surface area contributed by atoms with Gasteiger partial charge in [0.2, 0.25) is 0 Å². The number of hydrogen-bond donors (Lipinski definition) is 1. The average molecular weight is 355 g/mol. The third kappa shape index (κ3) is 4.20. The zero-order valence-electron chi connectivity index (χ0n) is 11.5. The molecule has 1 heterocycles. The van der Waals surface area contributed by atoms with E-state index in [-0.39, 0.29) is 0 Å². The van der Waals surface area contributed by atoms with Crippen LogP contribution in [0.2, 0.25) is 5.02 Å². The fraction of sp³-hybridized carbons (Fsp3) is 0.267. The van der Waals surface area contributed by atoms with Gasteiger partial charge < -0.3 is 5.32 Å². The average Bonchev–Trinajstić information content (AvgIpc) is 2.41. The Balaban J connectivity index is 2.06. The summed E-state index contributed by atoms with van der Waals surface area (Å²) in [6.45, 7) is 1.56. The number of pyridine rings is 1. The molecule has 0 spiro atoms. The van der Waals surface area contributed by atoms with Crippen molar-refractivity contribution in [1.82, 2.24) is 9.88 Å². The Morgan fingerprint density at radius 3 is 2.75 bits per heavy atom. The van der Waals surface area contributed by atoms with E-state index in [0.29, 0.717) is 11.6 Å². The number of benzene rings is 1. The SMILES string of the molecule is CNc1ccc(Cl)c(CN(C)Cc2cccc(Br)c2)n1. The highest BCUT2D eigenvalue weighted by molar-refractivity contribution is 9.10. The fourth-order valence-corrected chi connectivity index (χ4v) is 2.60. The van der Waals surface area contributed by atoms with Crippen molar-refractivity contribution >= 4 is 33.3 Å². The minimum absolute atomic E-state index is 0.699. The lowest BCUT2D eigenvalue weighted by Crippen LogP contribution is -2.18. The smallest absolute Gasteiger partial charge is 0.126 e. The van der Waals surface area contributed by atoms with Crippen molar-refractivity contribution in [2.45, 2.75) is 13.1 Å². The molecular formula is C15H17BrClN3. The summed E-state index contributed by atoms with van der Waals surface area (Å²) in [5, 5.41) is 3.73. The summed E-state index contributed by atoms with van der Waals surface area (Å²) in [4.78, 5) is 6.69. The molecule has 0 aliphatic carbocycles. The summed E-state index contributed by atoms with van der Waals surface area (Å²) in [6, 6.07) is 12.1. The molecule has 0 aliphatic heterocycles. The van der Waals surface area contributed by atoms with Gasteiger partial charge in [0.15, 0.2) is 0 Å². The molecule has 0 radical (unpaired) electrons. The maximum Gasteiger partial charge on any atom is 0.126 e. The van der Waals surface area contributed by atoms with Crippen LogP contribution >= 0.6 is 27.5 Å². The summed E-state index contributed by atoms with van der Waals surface area (Å²) < 4.78 is 1.09. The molecule has 0 aliphatic rings. The molecule has 1 N–H and O–H groups in total. The van der Waals surface area contributed by atoms with E-state index in [4.69, 9.17) is 11.6 Å². The Labute approximate surface area is 133 Å². The number of nitrogens with zero attached hydrogens (tertiary/aromatic N) is 2. The van der Waals surface area contributed by atoms with Crippen molar-refractivity contribution in [2.24, 2.45) is 0 Å². The first kappa shape index (κ1) is 15.3. The minimum Gasteiger partial charge on any atom is -0.373 e. The first-order valence-electron chi connectivity index (χ1n) is 6.34. The van der Waals surface area contributed by atoms with Crippen LogP contribution in [0.5, 0.6) is 0 Å². The van der Waals surface area contributed by atoms with E-state index in [0.717, 1.165) is 22.5 Å². The predicted molar refractivity (Wildman–Crippen MR) is 88.1 cm³/mol. The molecule has 0 saturated heterocycles. The molecule has 1 aromatic carbocycles. The highest BCUT2D eigenvalue weighted by Gasteiger charge is 2.08. The molecule has 0 fully saturated rings. The standard InChI is InChI=1S/C15H17BrClN3/c1-18-15-7-6-13(17)14(19-15)10-20(2)9-11-4-3-5-12(16)8-11/h3-8H,9-10H2,1-2H3,(H,18,19). The van der Waals surface area contributed by atoms with Crippen LogP contribution in [0.4, 0.5) is 5.82 Å². The van der Waals surface area contributed by atoms with Gasteiger partial charge in [0.25, 0.3) is 0 Å². The molecule has 0 atom stereocenters. The van der Waals surface area contributed by atoms with Crippen molar-refractivity contribution in [1.29, 1.82) is 0 Å². The van der Waals surface area contributed by atoms with Crippen molar-refractivity contribution < 1.29 is 0 Å². The summed E-state index contributed by atoms with van der Waals surface area (Å²) in [5.41, 5.74) is 2.14. The van der Waals surface area contributed by atoms with Crippen LogP contribution in [0.3, 0.4) is 0 Å². The zero-order chi connectivity index (χ0) is 14.5. The van der Waals surface area contributed by atoms with Gasteiger partial charge in [0.1, 0.15) is 5.82 Å². The molecule has 20 heavy (non-hydrogen) atoms. The van der Waals surface area contributed by atoms with Crippen molar-refractivity contribution in [3.8, 4) is 0 Å². The molecule has 0 bridgehead atoms. The third-order valence-electron chi connectivity index (χ3n) is 2.94. The lowest BCUT2D eigenvalue weighted by atomic mass is 10.2. The quantitative estimate of drug-likeness (QED) is 0.873. The second-order valence-corrected chi connectivity index (χ2v) is 6.00. The molecule has 0 amide bonds. The maximum absolute atomic E-state index is 6.20. The molecule has 3 nitrogen and oxygen atoms in total. The first-order valence-corrected chi connectivity index (χ1v) is 7.51. The number of halogens is 2. The number of anilines is 1. The Bertz CT molecular complexity index is 589. The highest BCUT2D eigenvalue weighted by Crippen LogP contribution is 2.19. The maximum atomic E-state index is 6.20. The topological polar surface area (TPSA) is 28.2 Å². The van der Waals surface area contributed by atoms with Crippen LogP contribution in [0.25, 0.3) is 0 Å². The third-order valence-corrected chi connectivity index (χ3v) is 3.77. The van der Waals surface area contributed by atoms with Gasteiger partial charge >= 0.3 is 0 Å². The molecular weight excluding hydrogens is 338 g/mol. The van der Waals surface area contributed by atoms with Gasteiger partial charge in [0.05, 0.1) is 10.7 Å². The van der Waals surface area contributed by atoms with Gasteiger partial charge in [-0.3, -0.25) is 4.90 Å². The lowest BCUT2D eigenvalue weighted by Gasteiger charge is -2.17. The highest BCUT2D eigenvalue weighted by atomic mass is 79.9. The monoisotopic (exact) mass is 353 g/mol. The summed E-state index contributed by atoms with van der Waals surface area (Å²) in [6.07, 6.45) is 0. The summed E-state index contributed by atoms with van der Waals surface area (Å²) in [7, 11) is 3.91. The number of aromatic nitrogens is 1. The van der Waals surface area contributed by atoms with Crippen molar-refractivity contribution in [3.63, 3.8) is 0 Å². The van der Waals surface area contributed by atoms with Gasteiger partial charge in [-0.25, -0.2) is 4.98 Å². The molecule has 1 aromatic heterocycles. The molecule has 106 valence electrons. The summed E-state index contributed by atoms with van der Waals surface area (Å²) in [5.74, 6) is 0.834. The predicted octanol–water partition coefficient (Wildman–Crippen LogP) is 4.17. The van der Waals surface area contributed by atoms with E-state index >= 15 is 0 Å². The van der Waals surface area contributed by atoms with E-state index in [1.807, 2.05) is 31.3 Å². The van der Waals surface area contributed by atoms with E-state index in [1.165, 1.54) is 5.56 Å². The normalized spacial score (nSPS) is 10.8. The second-order valence-electron chi connectivity index (χ2n) is 4.68. The van der Waals surface area contributed by atoms with Gasteiger partial charge in [0, 0.05) is 24.6 Å². The Morgan fingerprint density at radius 2 is 2.05 bits per heavy atom. The van der Waals surface area contributed by atoms with Crippen molar-refractivity contribution in [2.75, 3.05) is 19.4 Å². The van der Waals surface area contributed by atoms with Crippen LogP contribution in [-0.4, -0.2) is 24.0 Å². The second kappa shape index (κ2) is 7.07. The van der Waals surface area contributed by atoms with Crippen molar-refractivity contribution in [3.05, 3.63) is 57.2 Å². The molecule has 0 unspecified atom stereocenters. The largest absolute Gasteiger partial charge is 0.373 e. The van der Waals surface area contributed by atoms with Crippen LogP contribution in [0.15, 0.2) is 40.9 Å². The zero-order valence-corrected chi connectivity index (χ0v) is 13.9. The molecule has 2 aromatic rings. The fourth-order valence-electron chi connectivity index (χ4n) is 1.99. The van der Waals surface area contributed by atoms with Crippen LogP contribution in [0.1, 0.15) is 11.3 Å². The van der Waals surface area contributed by atoms with E-state index in [1.54, 1.807) is 0 Å². The Hall–Kier alpha value is -1.10. The van der Waals surface area contributed by atoms with Gasteiger partial charge in [-0.15, -0.1) is 0 Å². The molecule has 5 heteroatoms. The van der Waals surface area contributed by atoms with Crippen LogP contribution in [-0.2, 0) is 13.1 Å². The number of nitrogens with one attached hydrogen (secondary N) is 1. The van der Waals surface area contributed by atoms with Crippen LogP contribution in [0, 0.1) is 0 Å². The van der Waals surface area contributed by atoms with Gasteiger partial charge in [-0.1, -0.05) is 39.7 Å². The van der Waals surface area contributed by atoms with E-state index in [2.05, 4.69) is 50.3 Å². The summed E-state index contributed by atoms with van der Waals surface area (Å²) >= 11 is 9.69. The minimum atomic E-state index is 0.699. The van der Waals surface area contributed by atoms with Gasteiger partial charge in [-0.2, -0.15) is 0 Å². The molecule has 2 rings (SSSR count). The number of hydrogen-bond acceptors (Lipinski definition) is 3. The Kier molecular flexibility index (Phi) is 5.40. The van der Waals surface area contributed by atoms with Gasteiger partial charge in [-0.05, 0) is 36.9 Å². The lowest BCUT2D eigenvalue weighted by molar-refractivity contribution is 0.315.